The molecule has 0 aliphatic carbocycles. The minimum Gasteiger partial charge on any atom is -0.369 e. The smallest absolute Gasteiger partial charge is 0.321 e. The number of fused-ring (bicyclic) bond motifs is 1. The number of nitrogens with one attached hydrogen (secondary N) is 1. The molecule has 1 aliphatic heterocycles. The molecule has 0 amide bonds. The van der Waals surface area contributed by atoms with Crippen molar-refractivity contribution in [1.29, 1.82) is 0 Å². The molecule has 1 aromatic rings. The van der Waals surface area contributed by atoms with Crippen LogP contribution in [0.1, 0.15) is 0 Å². The van der Waals surface area contributed by atoms with E-state index in [2.05, 4.69) is 26.6 Å². The molecule has 0 spiro atoms. The monoisotopic (exact) mass is 168 g/mol. The third kappa shape index (κ3) is 0.869. The Labute approximate surface area is 67.3 Å². The number of nitrogens with zero attached hydrogens (tertiary/aromatic N) is 3. The van der Waals surface area contributed by atoms with Gasteiger partial charge in [0.1, 0.15) is 0 Å². The molecular weight excluding hydrogens is 166 g/mol. The van der Waals surface area contributed by atoms with Gasteiger partial charge in [0.2, 0.25) is 11.1 Å². The van der Waals surface area contributed by atoms with Crippen molar-refractivity contribution in [3.63, 3.8) is 0 Å². The topological polar surface area (TPSA) is 76.2 Å². The summed E-state index contributed by atoms with van der Waals surface area (Å²) in [6.07, 6.45) is 2.49. The van der Waals surface area contributed by atoms with E-state index in [4.69, 9.17) is 17.3 Å². The maximum absolute atomic E-state index is 5.52. The summed E-state index contributed by atoms with van der Waals surface area (Å²) in [4.78, 5) is 11.3. The Morgan fingerprint density at radius 3 is 3.09 bits per heavy atom. The SMILES string of the molecule is Nc1nc(Cl)nc2c1N=[C+]N2. The molecule has 5 nitrogen and oxygen atoms in total. The molecule has 2 rings (SSSR count). The molecule has 0 atom stereocenters. The van der Waals surface area contributed by atoms with Crippen LogP contribution in [-0.2, 0) is 0 Å². The molecule has 3 N–H and O–H groups in total. The Bertz CT molecular complexity index is 334. The molecule has 54 valence electrons. The van der Waals surface area contributed by atoms with Crippen molar-refractivity contribution in [2.24, 2.45) is 4.99 Å². The normalized spacial score (nSPS) is 12.1. The first-order chi connectivity index (χ1) is 5.27. The third-order valence-corrected chi connectivity index (χ3v) is 1.39. The molecule has 1 aliphatic rings. The van der Waals surface area contributed by atoms with Gasteiger partial charge < -0.3 is 5.73 Å². The highest BCUT2D eigenvalue weighted by molar-refractivity contribution is 6.28. The Balaban J connectivity index is 2.67. The van der Waals surface area contributed by atoms with Gasteiger partial charge in [-0.25, -0.2) is 0 Å². The maximum Gasteiger partial charge on any atom is 0.321 e. The maximum atomic E-state index is 5.52. The van der Waals surface area contributed by atoms with Gasteiger partial charge in [0.05, 0.1) is 0 Å². The largest absolute Gasteiger partial charge is 0.369 e. The number of hydrogen-bond acceptors (Lipinski definition) is 5. The highest BCUT2D eigenvalue weighted by Crippen LogP contribution is 2.31. The number of halogens is 1. The molecule has 11 heavy (non-hydrogen) atoms. The van der Waals surface area contributed by atoms with Gasteiger partial charge in [-0.2, -0.15) is 10.3 Å². The second-order valence-electron chi connectivity index (χ2n) is 1.92. The summed E-state index contributed by atoms with van der Waals surface area (Å²) in [5.74, 6) is 0.764. The van der Waals surface area contributed by atoms with Crippen LogP contribution in [0.5, 0.6) is 0 Å². The van der Waals surface area contributed by atoms with Crippen LogP contribution in [0.25, 0.3) is 0 Å². The quantitative estimate of drug-likeness (QED) is 0.441. The van der Waals surface area contributed by atoms with Crippen molar-refractivity contribution in [2.45, 2.75) is 0 Å². The number of nitrogen functional groups attached to an aromatic ring is 1. The predicted molar refractivity (Wildman–Crippen MR) is 42.2 cm³/mol. The number of aromatic nitrogens is 2. The van der Waals surface area contributed by atoms with Crippen LogP contribution in [-0.4, -0.2) is 16.3 Å². The lowest BCUT2D eigenvalue weighted by molar-refractivity contribution is 1.19. The van der Waals surface area contributed by atoms with Crippen LogP contribution in [0.4, 0.5) is 17.3 Å². The van der Waals surface area contributed by atoms with E-state index in [1.54, 1.807) is 0 Å². The molecule has 2 heterocycles. The zero-order valence-corrected chi connectivity index (χ0v) is 6.05. The second kappa shape index (κ2) is 2.02. The van der Waals surface area contributed by atoms with E-state index >= 15 is 0 Å². The number of anilines is 2. The molecule has 0 aromatic carbocycles. The fourth-order valence-corrected chi connectivity index (χ4v) is 0.954. The third-order valence-electron chi connectivity index (χ3n) is 1.23. The second-order valence-corrected chi connectivity index (χ2v) is 2.26. The minimum atomic E-state index is 0.104. The standard InChI is InChI=1S/C5H3ClN5/c6-5-10-3(7)2-4(11-5)9-1-8-2/h(H3,7,8,9,10,11)/q+1. The average molecular weight is 169 g/mol. The molecule has 0 saturated heterocycles. The molecular formula is C5H3ClN5+. The van der Waals surface area contributed by atoms with E-state index in [0.29, 0.717) is 11.5 Å². The van der Waals surface area contributed by atoms with E-state index in [-0.39, 0.29) is 11.1 Å². The lowest BCUT2D eigenvalue weighted by Crippen LogP contribution is -1.96. The summed E-state index contributed by atoms with van der Waals surface area (Å²) in [5.41, 5.74) is 5.96. The van der Waals surface area contributed by atoms with Crippen molar-refractivity contribution in [1.82, 2.24) is 9.97 Å². The molecule has 0 fully saturated rings. The molecule has 6 heteroatoms. The zero-order chi connectivity index (χ0) is 7.84. The van der Waals surface area contributed by atoms with Gasteiger partial charge in [-0.05, 0) is 16.6 Å². The first kappa shape index (κ1) is 6.27. The Kier molecular flexibility index (Phi) is 1.15. The van der Waals surface area contributed by atoms with Gasteiger partial charge in [-0.3, -0.25) is 0 Å². The summed E-state index contributed by atoms with van der Waals surface area (Å²) >= 11 is 5.52. The minimum absolute atomic E-state index is 0.104. The molecule has 0 saturated carbocycles. The summed E-state index contributed by atoms with van der Waals surface area (Å²) in [6.45, 7) is 0. The summed E-state index contributed by atoms with van der Waals surface area (Å²) in [7, 11) is 0. The first-order valence-corrected chi connectivity index (χ1v) is 3.20. The number of hydrogen-bond donors (Lipinski definition) is 2. The predicted octanol–water partition coefficient (Wildman–Crippen LogP) is 0.674. The zero-order valence-electron chi connectivity index (χ0n) is 5.30. The highest BCUT2D eigenvalue weighted by Gasteiger charge is 2.25. The number of nitrogens with two attached hydrogens (primary N) is 1. The molecule has 1 aromatic heterocycles. The fourth-order valence-electron chi connectivity index (χ4n) is 0.778. The van der Waals surface area contributed by atoms with E-state index < -0.39 is 0 Å². The van der Waals surface area contributed by atoms with Gasteiger partial charge in [0.25, 0.3) is 6.34 Å². The summed E-state index contributed by atoms with van der Waals surface area (Å²) in [6, 6.07) is 0. The Morgan fingerprint density at radius 1 is 1.45 bits per heavy atom. The van der Waals surface area contributed by atoms with E-state index in [0.717, 1.165) is 0 Å². The first-order valence-electron chi connectivity index (χ1n) is 2.82. The molecule has 0 unspecified atom stereocenters. The Morgan fingerprint density at radius 2 is 2.27 bits per heavy atom. The van der Waals surface area contributed by atoms with Gasteiger partial charge in [0.15, 0.2) is 0 Å². The van der Waals surface area contributed by atoms with E-state index in [1.807, 2.05) is 0 Å². The van der Waals surface area contributed by atoms with Crippen LogP contribution in [0.15, 0.2) is 4.99 Å². The number of rotatable bonds is 0. The molecule has 0 radical (unpaired) electrons. The summed E-state index contributed by atoms with van der Waals surface area (Å²) in [5, 5.41) is 2.75. The van der Waals surface area contributed by atoms with Crippen molar-refractivity contribution < 1.29 is 0 Å². The van der Waals surface area contributed by atoms with Crippen LogP contribution in [0, 0.1) is 0 Å². The van der Waals surface area contributed by atoms with Crippen LogP contribution in [0.3, 0.4) is 0 Å². The van der Waals surface area contributed by atoms with Crippen LogP contribution < -0.4 is 11.1 Å². The lowest BCUT2D eigenvalue weighted by atomic mass is 10.4. The average Bonchev–Trinajstić information content (AvgIpc) is 2.34. The van der Waals surface area contributed by atoms with Crippen molar-refractivity contribution in [3.05, 3.63) is 5.28 Å². The van der Waals surface area contributed by atoms with Crippen molar-refractivity contribution >= 4 is 35.3 Å². The van der Waals surface area contributed by atoms with Crippen LogP contribution >= 0.6 is 11.6 Å². The van der Waals surface area contributed by atoms with E-state index in [1.165, 1.54) is 0 Å². The Hall–Kier alpha value is -1.45. The van der Waals surface area contributed by atoms with Gasteiger partial charge in [0, 0.05) is 0 Å². The van der Waals surface area contributed by atoms with Gasteiger partial charge in [-0.1, -0.05) is 0 Å². The molecule has 0 bridgehead atoms. The highest BCUT2D eigenvalue weighted by atomic mass is 35.5. The van der Waals surface area contributed by atoms with Crippen LogP contribution in [0.2, 0.25) is 5.28 Å². The van der Waals surface area contributed by atoms with Crippen molar-refractivity contribution in [2.75, 3.05) is 11.1 Å². The van der Waals surface area contributed by atoms with Gasteiger partial charge in [-0.15, -0.1) is 4.98 Å². The fraction of sp³-hybridized carbons (Fsp3) is 0. The summed E-state index contributed by atoms with van der Waals surface area (Å²) < 4.78 is 0. The van der Waals surface area contributed by atoms with Gasteiger partial charge >= 0.3 is 11.5 Å². The number of aliphatic imine (C=N–C) groups is 1. The van der Waals surface area contributed by atoms with E-state index in [9.17, 15) is 0 Å². The van der Waals surface area contributed by atoms with Crippen molar-refractivity contribution in [3.8, 4) is 0 Å². The lowest BCUT2D eigenvalue weighted by Gasteiger charge is -1.89.